The molecule has 3 N–H and O–H groups in total. The van der Waals surface area contributed by atoms with E-state index in [-0.39, 0.29) is 0 Å². The Morgan fingerprint density at radius 3 is 2.46 bits per heavy atom. The summed E-state index contributed by atoms with van der Waals surface area (Å²) in [7, 11) is 0. The summed E-state index contributed by atoms with van der Waals surface area (Å²) < 4.78 is 5.25. The van der Waals surface area contributed by atoms with Gasteiger partial charge in [0, 0.05) is 25.3 Å². The van der Waals surface area contributed by atoms with Crippen molar-refractivity contribution in [3.05, 3.63) is 29.8 Å². The van der Waals surface area contributed by atoms with Crippen molar-refractivity contribution in [2.75, 3.05) is 25.0 Å². The molecule has 0 aliphatic heterocycles. The monoisotopic (exact) mass is 360 g/mol. The number of nitrogens with zero attached hydrogens (tertiary/aromatic N) is 1. The number of ether oxygens (including phenoxy) is 1. The Morgan fingerprint density at radius 1 is 1.19 bits per heavy atom. The SMILES string of the molecule is CCNC(=NCC1CC1)NCCc1ccc(NC(=O)OC(C)(C)C)cc1. The zero-order chi connectivity index (χ0) is 19.0. The number of guanidine groups is 1. The quantitative estimate of drug-likeness (QED) is 0.513. The highest BCUT2D eigenvalue weighted by atomic mass is 16.6. The van der Waals surface area contributed by atoms with Crippen LogP contribution in [-0.2, 0) is 11.2 Å². The normalized spacial score (nSPS) is 14.7. The third kappa shape index (κ3) is 8.23. The van der Waals surface area contributed by atoms with E-state index in [1.807, 2.05) is 45.0 Å². The molecule has 0 aromatic heterocycles. The lowest BCUT2D eigenvalue weighted by Gasteiger charge is -2.19. The average Bonchev–Trinajstić information content (AvgIpc) is 3.37. The van der Waals surface area contributed by atoms with Gasteiger partial charge in [-0.2, -0.15) is 0 Å². The van der Waals surface area contributed by atoms with Crippen LogP contribution in [0.1, 0.15) is 46.1 Å². The lowest BCUT2D eigenvalue weighted by Crippen LogP contribution is -2.38. The minimum Gasteiger partial charge on any atom is -0.444 e. The lowest BCUT2D eigenvalue weighted by molar-refractivity contribution is 0.0636. The van der Waals surface area contributed by atoms with Gasteiger partial charge >= 0.3 is 6.09 Å². The van der Waals surface area contributed by atoms with Gasteiger partial charge in [-0.15, -0.1) is 0 Å². The van der Waals surface area contributed by atoms with Crippen LogP contribution in [0.4, 0.5) is 10.5 Å². The van der Waals surface area contributed by atoms with Crippen molar-refractivity contribution in [2.24, 2.45) is 10.9 Å². The van der Waals surface area contributed by atoms with Crippen LogP contribution in [0.2, 0.25) is 0 Å². The highest BCUT2D eigenvalue weighted by Crippen LogP contribution is 2.28. The molecule has 0 bridgehead atoms. The standard InChI is InChI=1S/C20H32N4O2/c1-5-21-18(23-14-16-6-7-16)22-13-12-15-8-10-17(11-9-15)24-19(25)26-20(2,3)4/h8-11,16H,5-7,12-14H2,1-4H3,(H,24,25)(H2,21,22,23). The van der Waals surface area contributed by atoms with Crippen molar-refractivity contribution in [1.82, 2.24) is 10.6 Å². The van der Waals surface area contributed by atoms with Crippen molar-refractivity contribution >= 4 is 17.7 Å². The Bertz CT molecular complexity index is 601. The number of nitrogens with one attached hydrogen (secondary N) is 3. The predicted octanol–water partition coefficient (Wildman–Crippen LogP) is 3.54. The summed E-state index contributed by atoms with van der Waals surface area (Å²) in [5.74, 6) is 1.68. The molecule has 0 spiro atoms. The van der Waals surface area contributed by atoms with E-state index in [1.165, 1.54) is 18.4 Å². The molecule has 1 aliphatic rings. The molecule has 1 saturated carbocycles. The van der Waals surface area contributed by atoms with Crippen molar-refractivity contribution in [3.63, 3.8) is 0 Å². The maximum atomic E-state index is 11.8. The van der Waals surface area contributed by atoms with Gasteiger partial charge in [-0.05, 0) is 70.6 Å². The number of aliphatic imine (C=N–C) groups is 1. The molecule has 6 nitrogen and oxygen atoms in total. The Kier molecular flexibility index (Phi) is 7.30. The van der Waals surface area contributed by atoms with Gasteiger partial charge in [0.1, 0.15) is 5.60 Å². The maximum absolute atomic E-state index is 11.8. The fraction of sp³-hybridized carbons (Fsp3) is 0.600. The van der Waals surface area contributed by atoms with Crippen molar-refractivity contribution in [1.29, 1.82) is 0 Å². The number of carbonyl (C=O) groups excluding carboxylic acids is 1. The van der Waals surface area contributed by atoms with Gasteiger partial charge in [-0.1, -0.05) is 12.1 Å². The Balaban J connectivity index is 1.75. The molecule has 0 radical (unpaired) electrons. The molecule has 1 aromatic rings. The molecule has 0 unspecified atom stereocenters. The Morgan fingerprint density at radius 2 is 1.88 bits per heavy atom. The van der Waals surface area contributed by atoms with Crippen LogP contribution >= 0.6 is 0 Å². The van der Waals surface area contributed by atoms with Crippen LogP contribution in [0.3, 0.4) is 0 Å². The summed E-state index contributed by atoms with van der Waals surface area (Å²) in [6.07, 6.45) is 3.08. The van der Waals surface area contributed by atoms with E-state index in [2.05, 4.69) is 27.9 Å². The number of hydrogen-bond donors (Lipinski definition) is 3. The van der Waals surface area contributed by atoms with Gasteiger partial charge in [-0.3, -0.25) is 10.3 Å². The van der Waals surface area contributed by atoms with Crippen molar-refractivity contribution in [2.45, 2.75) is 52.6 Å². The predicted molar refractivity (Wildman–Crippen MR) is 107 cm³/mol. The molecule has 26 heavy (non-hydrogen) atoms. The van der Waals surface area contributed by atoms with E-state index < -0.39 is 11.7 Å². The summed E-state index contributed by atoms with van der Waals surface area (Å²) in [5, 5.41) is 9.40. The van der Waals surface area contributed by atoms with Crippen LogP contribution in [0, 0.1) is 5.92 Å². The summed E-state index contributed by atoms with van der Waals surface area (Å²) in [6, 6.07) is 7.82. The van der Waals surface area contributed by atoms with E-state index in [9.17, 15) is 4.79 Å². The van der Waals surface area contributed by atoms with Crippen LogP contribution in [0.5, 0.6) is 0 Å². The van der Waals surface area contributed by atoms with E-state index in [0.717, 1.165) is 43.6 Å². The number of benzene rings is 1. The first-order valence-corrected chi connectivity index (χ1v) is 9.47. The highest BCUT2D eigenvalue weighted by Gasteiger charge is 2.20. The second kappa shape index (κ2) is 9.46. The highest BCUT2D eigenvalue weighted by molar-refractivity contribution is 5.84. The van der Waals surface area contributed by atoms with E-state index in [4.69, 9.17) is 4.74 Å². The third-order valence-electron chi connectivity index (χ3n) is 3.85. The number of anilines is 1. The molecule has 144 valence electrons. The molecule has 1 aliphatic carbocycles. The largest absolute Gasteiger partial charge is 0.444 e. The van der Waals surface area contributed by atoms with Crippen LogP contribution < -0.4 is 16.0 Å². The van der Waals surface area contributed by atoms with Crippen LogP contribution in [0.25, 0.3) is 0 Å². The number of rotatable bonds is 7. The van der Waals surface area contributed by atoms with E-state index in [1.54, 1.807) is 0 Å². The number of hydrogen-bond acceptors (Lipinski definition) is 3. The van der Waals surface area contributed by atoms with E-state index >= 15 is 0 Å². The van der Waals surface area contributed by atoms with Gasteiger partial charge in [0.25, 0.3) is 0 Å². The van der Waals surface area contributed by atoms with Gasteiger partial charge in [-0.25, -0.2) is 4.79 Å². The second-order valence-corrected chi connectivity index (χ2v) is 7.66. The fourth-order valence-corrected chi connectivity index (χ4v) is 2.36. The molecule has 6 heteroatoms. The van der Waals surface area contributed by atoms with Gasteiger partial charge in [0.2, 0.25) is 0 Å². The summed E-state index contributed by atoms with van der Waals surface area (Å²) >= 11 is 0. The molecule has 0 atom stereocenters. The fourth-order valence-electron chi connectivity index (χ4n) is 2.36. The molecule has 0 heterocycles. The molecule has 2 rings (SSSR count). The number of amides is 1. The second-order valence-electron chi connectivity index (χ2n) is 7.66. The summed E-state index contributed by atoms with van der Waals surface area (Å²) in [5.41, 5.74) is 1.43. The molecule has 0 saturated heterocycles. The molecule has 1 fully saturated rings. The van der Waals surface area contributed by atoms with Gasteiger partial charge < -0.3 is 15.4 Å². The zero-order valence-corrected chi connectivity index (χ0v) is 16.4. The van der Waals surface area contributed by atoms with Crippen molar-refractivity contribution in [3.8, 4) is 0 Å². The smallest absolute Gasteiger partial charge is 0.412 e. The number of carbonyl (C=O) groups is 1. The van der Waals surface area contributed by atoms with Crippen LogP contribution in [0.15, 0.2) is 29.3 Å². The minimum atomic E-state index is -0.499. The van der Waals surface area contributed by atoms with Gasteiger partial charge in [0.15, 0.2) is 5.96 Å². The summed E-state index contributed by atoms with van der Waals surface area (Å²) in [4.78, 5) is 16.4. The zero-order valence-electron chi connectivity index (χ0n) is 16.4. The first kappa shape index (κ1) is 20.1. The van der Waals surface area contributed by atoms with E-state index in [0.29, 0.717) is 0 Å². The average molecular weight is 361 g/mol. The molecule has 1 amide bonds. The van der Waals surface area contributed by atoms with Gasteiger partial charge in [0.05, 0.1) is 0 Å². The first-order valence-electron chi connectivity index (χ1n) is 9.47. The molecular formula is C20H32N4O2. The topological polar surface area (TPSA) is 74.8 Å². The maximum Gasteiger partial charge on any atom is 0.412 e. The van der Waals surface area contributed by atoms with Crippen molar-refractivity contribution < 1.29 is 9.53 Å². The third-order valence-corrected chi connectivity index (χ3v) is 3.85. The van der Waals surface area contributed by atoms with Crippen LogP contribution in [-0.4, -0.2) is 37.3 Å². The molecule has 1 aromatic carbocycles. The summed E-state index contributed by atoms with van der Waals surface area (Å²) in [6.45, 7) is 10.2. The Labute approximate surface area is 156 Å². The minimum absolute atomic E-state index is 0.436. The molecular weight excluding hydrogens is 328 g/mol. The lowest BCUT2D eigenvalue weighted by atomic mass is 10.1. The Hall–Kier alpha value is -2.24. The first-order chi connectivity index (χ1) is 12.4.